The number of hydrogen-bond donors (Lipinski definition) is 3. The zero-order valence-corrected chi connectivity index (χ0v) is 17.0. The van der Waals surface area contributed by atoms with Gasteiger partial charge < -0.3 is 16.0 Å². The van der Waals surface area contributed by atoms with Gasteiger partial charge in [-0.2, -0.15) is 0 Å². The molecule has 8 heteroatoms. The van der Waals surface area contributed by atoms with Crippen molar-refractivity contribution in [2.24, 2.45) is 4.99 Å². The van der Waals surface area contributed by atoms with Crippen LogP contribution in [-0.2, 0) is 11.3 Å². The van der Waals surface area contributed by atoms with Crippen molar-refractivity contribution in [3.63, 3.8) is 0 Å². The highest BCUT2D eigenvalue weighted by molar-refractivity contribution is 5.86. The summed E-state index contributed by atoms with van der Waals surface area (Å²) in [5, 5.41) is 20.2. The van der Waals surface area contributed by atoms with Crippen molar-refractivity contribution in [1.29, 1.82) is 0 Å². The lowest BCUT2D eigenvalue weighted by Crippen LogP contribution is -2.50. The SMILES string of the molecule is CC(C)(C)NC(=O)CNC(=NCc1ccc([N+](=O)[O-])cc1)NC1CCCCC1. The van der Waals surface area contributed by atoms with Crippen molar-refractivity contribution in [3.8, 4) is 0 Å². The summed E-state index contributed by atoms with van der Waals surface area (Å²) >= 11 is 0. The summed E-state index contributed by atoms with van der Waals surface area (Å²) in [5.41, 5.74) is 0.644. The third kappa shape index (κ3) is 7.94. The van der Waals surface area contributed by atoms with E-state index in [0.717, 1.165) is 18.4 Å². The number of nitro groups is 1. The minimum atomic E-state index is -0.418. The topological polar surface area (TPSA) is 109 Å². The van der Waals surface area contributed by atoms with E-state index in [1.165, 1.54) is 31.4 Å². The molecule has 0 bridgehead atoms. The monoisotopic (exact) mass is 389 g/mol. The van der Waals surface area contributed by atoms with Gasteiger partial charge in [-0.3, -0.25) is 14.9 Å². The highest BCUT2D eigenvalue weighted by atomic mass is 16.6. The summed E-state index contributed by atoms with van der Waals surface area (Å²) in [7, 11) is 0. The lowest BCUT2D eigenvalue weighted by molar-refractivity contribution is -0.384. The highest BCUT2D eigenvalue weighted by Gasteiger charge is 2.17. The second-order valence-electron chi connectivity index (χ2n) is 8.22. The summed E-state index contributed by atoms with van der Waals surface area (Å²) in [5.74, 6) is 0.496. The number of carbonyl (C=O) groups is 1. The molecule has 0 heterocycles. The number of benzene rings is 1. The van der Waals surface area contributed by atoms with E-state index in [-0.39, 0.29) is 23.7 Å². The molecule has 1 aromatic rings. The maximum absolute atomic E-state index is 12.1. The Kier molecular flexibility index (Phi) is 7.78. The van der Waals surface area contributed by atoms with E-state index >= 15 is 0 Å². The van der Waals surface area contributed by atoms with Crippen LogP contribution in [0.25, 0.3) is 0 Å². The fourth-order valence-corrected chi connectivity index (χ4v) is 3.11. The van der Waals surface area contributed by atoms with E-state index in [4.69, 9.17) is 0 Å². The Morgan fingerprint density at radius 1 is 1.18 bits per heavy atom. The van der Waals surface area contributed by atoms with Crippen LogP contribution in [-0.4, -0.2) is 34.9 Å². The van der Waals surface area contributed by atoms with Crippen LogP contribution >= 0.6 is 0 Å². The van der Waals surface area contributed by atoms with Gasteiger partial charge in [-0.25, -0.2) is 4.99 Å². The molecule has 0 aliphatic heterocycles. The molecule has 28 heavy (non-hydrogen) atoms. The number of aliphatic imine (C=N–C) groups is 1. The standard InChI is InChI=1S/C20H31N5O3/c1-20(2,3)24-18(26)14-22-19(23-16-7-5-4-6-8-16)21-13-15-9-11-17(12-10-15)25(27)28/h9-12,16H,4-8,13-14H2,1-3H3,(H,24,26)(H2,21,22,23). The number of nitrogens with one attached hydrogen (secondary N) is 3. The Balaban J connectivity index is 2.00. The van der Waals surface area contributed by atoms with Crippen LogP contribution in [0.4, 0.5) is 5.69 Å². The zero-order valence-electron chi connectivity index (χ0n) is 17.0. The lowest BCUT2D eigenvalue weighted by Gasteiger charge is -2.25. The number of non-ortho nitro benzene ring substituents is 1. The zero-order chi connectivity index (χ0) is 20.6. The van der Waals surface area contributed by atoms with E-state index < -0.39 is 4.92 Å². The normalized spacial score (nSPS) is 15.8. The van der Waals surface area contributed by atoms with Gasteiger partial charge in [-0.1, -0.05) is 31.4 Å². The maximum atomic E-state index is 12.1. The van der Waals surface area contributed by atoms with Crippen LogP contribution in [0.15, 0.2) is 29.3 Å². The molecule has 0 spiro atoms. The third-order valence-corrected chi connectivity index (χ3v) is 4.44. The molecule has 1 aliphatic carbocycles. The summed E-state index contributed by atoms with van der Waals surface area (Å²) < 4.78 is 0. The molecule has 0 radical (unpaired) electrons. The first-order chi connectivity index (χ1) is 13.2. The molecule has 0 aromatic heterocycles. The van der Waals surface area contributed by atoms with Crippen LogP contribution in [0.3, 0.4) is 0 Å². The van der Waals surface area contributed by atoms with Crippen molar-refractivity contribution in [2.75, 3.05) is 6.54 Å². The number of carbonyl (C=O) groups excluding carboxylic acids is 1. The quantitative estimate of drug-likeness (QED) is 0.300. The summed E-state index contributed by atoms with van der Waals surface area (Å²) in [6, 6.07) is 6.70. The van der Waals surface area contributed by atoms with Crippen LogP contribution in [0.2, 0.25) is 0 Å². The van der Waals surface area contributed by atoms with Crippen LogP contribution in [0.1, 0.15) is 58.4 Å². The van der Waals surface area contributed by atoms with Crippen molar-refractivity contribution in [3.05, 3.63) is 39.9 Å². The van der Waals surface area contributed by atoms with E-state index in [1.54, 1.807) is 12.1 Å². The molecular weight excluding hydrogens is 358 g/mol. The van der Waals surface area contributed by atoms with Gasteiger partial charge in [0.05, 0.1) is 18.0 Å². The van der Waals surface area contributed by atoms with Crippen molar-refractivity contribution < 1.29 is 9.72 Å². The van der Waals surface area contributed by atoms with Gasteiger partial charge in [0.15, 0.2) is 5.96 Å². The predicted molar refractivity (Wildman–Crippen MR) is 110 cm³/mol. The molecule has 154 valence electrons. The van der Waals surface area contributed by atoms with E-state index in [0.29, 0.717) is 18.5 Å². The average Bonchev–Trinajstić information content (AvgIpc) is 2.63. The van der Waals surface area contributed by atoms with Gasteiger partial charge in [0.25, 0.3) is 5.69 Å². The lowest BCUT2D eigenvalue weighted by atomic mass is 9.96. The summed E-state index contributed by atoms with van der Waals surface area (Å²) in [6.07, 6.45) is 5.82. The van der Waals surface area contributed by atoms with Crippen molar-refractivity contribution >= 4 is 17.6 Å². The molecule has 1 saturated carbocycles. The summed E-state index contributed by atoms with van der Waals surface area (Å²) in [4.78, 5) is 27.0. The predicted octanol–water partition coefficient (Wildman–Crippen LogP) is 2.88. The van der Waals surface area contributed by atoms with Crippen molar-refractivity contribution in [1.82, 2.24) is 16.0 Å². The molecule has 1 fully saturated rings. The smallest absolute Gasteiger partial charge is 0.269 e. The van der Waals surface area contributed by atoms with Gasteiger partial charge in [0, 0.05) is 23.7 Å². The first-order valence-corrected chi connectivity index (χ1v) is 9.82. The molecule has 8 nitrogen and oxygen atoms in total. The molecule has 0 saturated heterocycles. The molecule has 1 amide bonds. The fraction of sp³-hybridized carbons (Fsp3) is 0.600. The van der Waals surface area contributed by atoms with Crippen LogP contribution in [0, 0.1) is 10.1 Å². The Hall–Kier alpha value is -2.64. The van der Waals surface area contributed by atoms with Crippen LogP contribution in [0.5, 0.6) is 0 Å². The summed E-state index contributed by atoms with van der Waals surface area (Å²) in [6.45, 7) is 6.33. The Morgan fingerprint density at radius 3 is 2.39 bits per heavy atom. The van der Waals surface area contributed by atoms with Gasteiger partial charge in [-0.15, -0.1) is 0 Å². The highest BCUT2D eigenvalue weighted by Crippen LogP contribution is 2.17. The number of rotatable bonds is 6. The number of hydrogen-bond acceptors (Lipinski definition) is 4. The number of nitrogens with zero attached hydrogens (tertiary/aromatic N) is 2. The molecule has 0 atom stereocenters. The molecular formula is C20H31N5O3. The molecule has 0 unspecified atom stereocenters. The van der Waals surface area contributed by atoms with E-state index in [1.807, 2.05) is 20.8 Å². The number of guanidine groups is 1. The fourth-order valence-electron chi connectivity index (χ4n) is 3.11. The minimum Gasteiger partial charge on any atom is -0.354 e. The molecule has 1 aromatic carbocycles. The molecule has 2 rings (SSSR count). The molecule has 1 aliphatic rings. The van der Waals surface area contributed by atoms with E-state index in [2.05, 4.69) is 20.9 Å². The number of nitro benzene ring substituents is 1. The first kappa shape index (κ1) is 21.7. The maximum Gasteiger partial charge on any atom is 0.269 e. The second kappa shape index (κ2) is 10.1. The van der Waals surface area contributed by atoms with Gasteiger partial charge in [-0.05, 0) is 39.2 Å². The van der Waals surface area contributed by atoms with E-state index in [9.17, 15) is 14.9 Å². The van der Waals surface area contributed by atoms with Crippen molar-refractivity contribution in [2.45, 2.75) is 71.0 Å². The largest absolute Gasteiger partial charge is 0.354 e. The third-order valence-electron chi connectivity index (χ3n) is 4.44. The van der Waals surface area contributed by atoms with Gasteiger partial charge in [0.2, 0.25) is 5.91 Å². The number of amides is 1. The van der Waals surface area contributed by atoms with Gasteiger partial charge in [0.1, 0.15) is 0 Å². The van der Waals surface area contributed by atoms with Gasteiger partial charge >= 0.3 is 0 Å². The van der Waals surface area contributed by atoms with Crippen LogP contribution < -0.4 is 16.0 Å². The molecule has 3 N–H and O–H groups in total. The second-order valence-corrected chi connectivity index (χ2v) is 8.22. The Morgan fingerprint density at radius 2 is 1.82 bits per heavy atom. The Bertz CT molecular complexity index is 689. The average molecular weight is 390 g/mol. The first-order valence-electron chi connectivity index (χ1n) is 9.82. The Labute approximate surface area is 166 Å². The minimum absolute atomic E-state index is 0.0604.